The highest BCUT2D eigenvalue weighted by Crippen LogP contribution is 2.43. The number of hydrogen-bond donors (Lipinski definition) is 0. The molecule has 2 rings (SSSR count). The van der Waals surface area contributed by atoms with Crippen molar-refractivity contribution in [2.24, 2.45) is 18.4 Å². The Morgan fingerprint density at radius 2 is 2.20 bits per heavy atom. The van der Waals surface area contributed by atoms with Gasteiger partial charge in [0, 0.05) is 18.7 Å². The van der Waals surface area contributed by atoms with Crippen LogP contribution >= 0.6 is 0 Å². The highest BCUT2D eigenvalue weighted by Gasteiger charge is 2.40. The first kappa shape index (κ1) is 10.4. The molecule has 0 unspecified atom stereocenters. The first-order chi connectivity index (χ1) is 7.01. The summed E-state index contributed by atoms with van der Waals surface area (Å²) >= 11 is 0. The third-order valence-electron chi connectivity index (χ3n) is 3.66. The molecule has 0 saturated heterocycles. The number of ketones is 1. The summed E-state index contributed by atoms with van der Waals surface area (Å²) in [7, 11) is 1.84. The number of hydrogen-bond acceptors (Lipinski definition) is 2. The molecular weight excluding hydrogens is 188 g/mol. The van der Waals surface area contributed by atoms with E-state index in [-0.39, 0.29) is 11.2 Å². The molecule has 0 radical (unpaired) electrons. The number of aromatic nitrogens is 2. The molecule has 1 aromatic rings. The van der Waals surface area contributed by atoms with Gasteiger partial charge in [0.1, 0.15) is 5.69 Å². The van der Waals surface area contributed by atoms with Crippen LogP contribution in [0.4, 0.5) is 0 Å². The van der Waals surface area contributed by atoms with E-state index >= 15 is 0 Å². The standard InChI is InChI=1S/C12H18N2O/c1-12(2,9-5-4-6-9)11(15)10-7-8-14(3)13-10/h7-9H,4-6H2,1-3H3. The average molecular weight is 206 g/mol. The molecule has 0 amide bonds. The molecule has 0 aromatic carbocycles. The molecular formula is C12H18N2O. The van der Waals surface area contributed by atoms with Crippen molar-refractivity contribution in [1.82, 2.24) is 9.78 Å². The van der Waals surface area contributed by atoms with Gasteiger partial charge in [-0.15, -0.1) is 0 Å². The summed E-state index contributed by atoms with van der Waals surface area (Å²) in [6.45, 7) is 4.10. The second-order valence-corrected chi connectivity index (χ2v) is 5.05. The van der Waals surface area contributed by atoms with E-state index in [9.17, 15) is 4.79 Å². The molecule has 1 aliphatic carbocycles. The fourth-order valence-corrected chi connectivity index (χ4v) is 2.18. The predicted molar refractivity (Wildman–Crippen MR) is 58.7 cm³/mol. The van der Waals surface area contributed by atoms with Crippen molar-refractivity contribution < 1.29 is 4.79 Å². The van der Waals surface area contributed by atoms with Crippen LogP contribution in [0.5, 0.6) is 0 Å². The van der Waals surface area contributed by atoms with E-state index in [1.807, 2.05) is 33.2 Å². The highest BCUT2D eigenvalue weighted by molar-refractivity contribution is 5.98. The Bertz CT molecular complexity index is 375. The summed E-state index contributed by atoms with van der Waals surface area (Å²) in [6, 6.07) is 1.81. The fourth-order valence-electron chi connectivity index (χ4n) is 2.18. The normalized spacial score (nSPS) is 17.5. The Morgan fingerprint density at radius 1 is 1.53 bits per heavy atom. The van der Waals surface area contributed by atoms with Crippen LogP contribution in [0.3, 0.4) is 0 Å². The van der Waals surface area contributed by atoms with Crippen molar-refractivity contribution in [2.75, 3.05) is 0 Å². The van der Waals surface area contributed by atoms with Crippen LogP contribution in [-0.2, 0) is 7.05 Å². The Morgan fingerprint density at radius 3 is 2.60 bits per heavy atom. The monoisotopic (exact) mass is 206 g/mol. The molecule has 1 fully saturated rings. The first-order valence-electron chi connectivity index (χ1n) is 5.56. The molecule has 1 heterocycles. The summed E-state index contributed by atoms with van der Waals surface area (Å²) in [5.41, 5.74) is 0.362. The van der Waals surface area contributed by atoms with Crippen LogP contribution in [0, 0.1) is 11.3 Å². The predicted octanol–water partition coefficient (Wildman–Crippen LogP) is 2.43. The fraction of sp³-hybridized carbons (Fsp3) is 0.667. The van der Waals surface area contributed by atoms with Gasteiger partial charge >= 0.3 is 0 Å². The molecule has 3 heteroatoms. The van der Waals surface area contributed by atoms with Crippen LogP contribution in [-0.4, -0.2) is 15.6 Å². The molecule has 15 heavy (non-hydrogen) atoms. The van der Waals surface area contributed by atoms with E-state index in [1.54, 1.807) is 4.68 Å². The van der Waals surface area contributed by atoms with Gasteiger partial charge in [-0.05, 0) is 24.8 Å². The maximum Gasteiger partial charge on any atom is 0.188 e. The van der Waals surface area contributed by atoms with Crippen molar-refractivity contribution in [3.8, 4) is 0 Å². The highest BCUT2D eigenvalue weighted by atomic mass is 16.1. The molecule has 0 aliphatic heterocycles. The summed E-state index contributed by atoms with van der Waals surface area (Å²) in [5, 5.41) is 4.18. The van der Waals surface area contributed by atoms with Crippen molar-refractivity contribution in [3.63, 3.8) is 0 Å². The van der Waals surface area contributed by atoms with Gasteiger partial charge in [-0.3, -0.25) is 9.48 Å². The van der Waals surface area contributed by atoms with Crippen molar-refractivity contribution in [3.05, 3.63) is 18.0 Å². The van der Waals surface area contributed by atoms with Crippen LogP contribution in [0.2, 0.25) is 0 Å². The quantitative estimate of drug-likeness (QED) is 0.712. The third-order valence-corrected chi connectivity index (χ3v) is 3.66. The summed E-state index contributed by atoms with van der Waals surface area (Å²) < 4.78 is 1.68. The van der Waals surface area contributed by atoms with E-state index in [1.165, 1.54) is 19.3 Å². The van der Waals surface area contributed by atoms with Gasteiger partial charge in [-0.2, -0.15) is 5.10 Å². The third kappa shape index (κ3) is 1.71. The van der Waals surface area contributed by atoms with E-state index in [0.29, 0.717) is 11.6 Å². The van der Waals surface area contributed by atoms with Crippen LogP contribution in [0.1, 0.15) is 43.6 Å². The molecule has 0 bridgehead atoms. The summed E-state index contributed by atoms with van der Waals surface area (Å²) in [6.07, 6.45) is 5.46. The number of carbonyl (C=O) groups excluding carboxylic acids is 1. The van der Waals surface area contributed by atoms with Crippen LogP contribution in [0.15, 0.2) is 12.3 Å². The zero-order chi connectivity index (χ0) is 11.1. The lowest BCUT2D eigenvalue weighted by molar-refractivity contribution is 0.0615. The van der Waals surface area contributed by atoms with Gasteiger partial charge in [0.15, 0.2) is 5.78 Å². The van der Waals surface area contributed by atoms with Gasteiger partial charge in [-0.25, -0.2) is 0 Å². The van der Waals surface area contributed by atoms with E-state index in [4.69, 9.17) is 0 Å². The SMILES string of the molecule is Cn1ccc(C(=O)C(C)(C)C2CCC2)n1. The van der Waals surface area contributed by atoms with Crippen molar-refractivity contribution in [1.29, 1.82) is 0 Å². The lowest BCUT2D eigenvalue weighted by Crippen LogP contribution is -2.37. The first-order valence-corrected chi connectivity index (χ1v) is 5.56. The molecule has 1 saturated carbocycles. The van der Waals surface area contributed by atoms with Gasteiger partial charge in [0.05, 0.1) is 0 Å². The van der Waals surface area contributed by atoms with Gasteiger partial charge in [0.2, 0.25) is 0 Å². The van der Waals surface area contributed by atoms with E-state index in [0.717, 1.165) is 0 Å². The number of carbonyl (C=O) groups is 1. The Hall–Kier alpha value is -1.12. The molecule has 82 valence electrons. The van der Waals surface area contributed by atoms with Crippen molar-refractivity contribution >= 4 is 5.78 Å². The average Bonchev–Trinajstić information content (AvgIpc) is 2.46. The Balaban J connectivity index is 2.19. The molecule has 3 nitrogen and oxygen atoms in total. The minimum absolute atomic E-state index is 0.188. The lowest BCUT2D eigenvalue weighted by atomic mass is 9.65. The number of rotatable bonds is 3. The number of Topliss-reactive ketones (excluding diaryl/α,β-unsaturated/α-hetero) is 1. The second-order valence-electron chi connectivity index (χ2n) is 5.05. The lowest BCUT2D eigenvalue weighted by Gasteiger charge is -2.38. The smallest absolute Gasteiger partial charge is 0.188 e. The van der Waals surface area contributed by atoms with Crippen LogP contribution < -0.4 is 0 Å². The Kier molecular flexibility index (Phi) is 2.41. The van der Waals surface area contributed by atoms with E-state index < -0.39 is 0 Å². The number of nitrogens with zero attached hydrogens (tertiary/aromatic N) is 2. The number of aryl methyl sites for hydroxylation is 1. The second kappa shape index (κ2) is 3.47. The maximum absolute atomic E-state index is 12.2. The van der Waals surface area contributed by atoms with E-state index in [2.05, 4.69) is 5.10 Å². The van der Waals surface area contributed by atoms with Crippen molar-refractivity contribution in [2.45, 2.75) is 33.1 Å². The zero-order valence-corrected chi connectivity index (χ0v) is 9.66. The molecule has 0 spiro atoms. The Labute approximate surface area is 90.5 Å². The zero-order valence-electron chi connectivity index (χ0n) is 9.66. The van der Waals surface area contributed by atoms with Gasteiger partial charge < -0.3 is 0 Å². The topological polar surface area (TPSA) is 34.9 Å². The minimum atomic E-state index is -0.243. The van der Waals surface area contributed by atoms with Gasteiger partial charge in [-0.1, -0.05) is 20.3 Å². The molecule has 1 aromatic heterocycles. The maximum atomic E-state index is 12.2. The van der Waals surface area contributed by atoms with Crippen LogP contribution in [0.25, 0.3) is 0 Å². The summed E-state index contributed by atoms with van der Waals surface area (Å²) in [4.78, 5) is 12.2. The summed E-state index contributed by atoms with van der Waals surface area (Å²) in [5.74, 6) is 0.736. The molecule has 0 N–H and O–H groups in total. The largest absolute Gasteiger partial charge is 0.292 e. The minimum Gasteiger partial charge on any atom is -0.292 e. The van der Waals surface area contributed by atoms with Gasteiger partial charge in [0.25, 0.3) is 0 Å². The molecule has 0 atom stereocenters. The molecule has 1 aliphatic rings.